The fourth-order valence-corrected chi connectivity index (χ4v) is 4.42. The molecule has 1 aliphatic rings. The average Bonchev–Trinajstić information content (AvgIpc) is 3.02. The number of hydrogen-bond acceptors (Lipinski definition) is 3. The van der Waals surface area contributed by atoms with E-state index >= 15 is 0 Å². The van der Waals surface area contributed by atoms with Crippen molar-refractivity contribution >= 4 is 38.3 Å². The summed E-state index contributed by atoms with van der Waals surface area (Å²) in [5.74, 6) is 0.766. The van der Waals surface area contributed by atoms with Gasteiger partial charge in [0.25, 0.3) is 0 Å². The molecular formula is C19H19ClN2S. The molecule has 0 bridgehead atoms. The van der Waals surface area contributed by atoms with Crippen LogP contribution in [0.4, 0.5) is 5.13 Å². The van der Waals surface area contributed by atoms with Gasteiger partial charge < -0.3 is 4.90 Å². The number of halogens is 1. The van der Waals surface area contributed by atoms with E-state index in [1.54, 1.807) is 0 Å². The summed E-state index contributed by atoms with van der Waals surface area (Å²) >= 11 is 7.77. The minimum absolute atomic E-state index is 0.766. The summed E-state index contributed by atoms with van der Waals surface area (Å²) in [6.07, 6.45) is 3.63. The molecule has 2 heterocycles. The number of fused-ring (bicyclic) bond motifs is 1. The molecule has 1 fully saturated rings. The Bertz CT molecular complexity index is 755. The molecule has 2 nitrogen and oxygen atoms in total. The van der Waals surface area contributed by atoms with Gasteiger partial charge in [0.15, 0.2) is 5.13 Å². The number of nitrogens with zero attached hydrogens (tertiary/aromatic N) is 2. The molecular weight excluding hydrogens is 324 g/mol. The number of thiazole rings is 1. The lowest BCUT2D eigenvalue weighted by Crippen LogP contribution is -2.34. The van der Waals surface area contributed by atoms with Crippen LogP contribution < -0.4 is 4.90 Å². The van der Waals surface area contributed by atoms with Crippen LogP contribution in [0.25, 0.3) is 10.2 Å². The number of benzene rings is 2. The first-order chi connectivity index (χ1) is 11.3. The van der Waals surface area contributed by atoms with Crippen LogP contribution in [0, 0.1) is 5.92 Å². The van der Waals surface area contributed by atoms with Crippen molar-refractivity contribution in [2.45, 2.75) is 19.3 Å². The number of para-hydroxylation sites is 1. The van der Waals surface area contributed by atoms with Crippen molar-refractivity contribution < 1.29 is 0 Å². The van der Waals surface area contributed by atoms with E-state index in [0.717, 1.165) is 36.0 Å². The van der Waals surface area contributed by atoms with E-state index in [1.807, 2.05) is 23.5 Å². The van der Waals surface area contributed by atoms with Crippen LogP contribution in [-0.4, -0.2) is 18.1 Å². The zero-order chi connectivity index (χ0) is 15.6. The predicted molar refractivity (Wildman–Crippen MR) is 99.7 cm³/mol. The number of aromatic nitrogens is 1. The highest BCUT2D eigenvalue weighted by Crippen LogP contribution is 2.32. The quantitative estimate of drug-likeness (QED) is 0.632. The molecule has 1 saturated heterocycles. The maximum atomic E-state index is 5.96. The van der Waals surface area contributed by atoms with Crippen LogP contribution in [0.1, 0.15) is 18.4 Å². The Morgan fingerprint density at radius 2 is 1.78 bits per heavy atom. The van der Waals surface area contributed by atoms with Gasteiger partial charge in [0.2, 0.25) is 0 Å². The molecule has 0 aliphatic carbocycles. The van der Waals surface area contributed by atoms with E-state index in [0.29, 0.717) is 0 Å². The average molecular weight is 343 g/mol. The van der Waals surface area contributed by atoms with Crippen molar-refractivity contribution in [3.05, 3.63) is 59.1 Å². The van der Waals surface area contributed by atoms with Gasteiger partial charge in [0.1, 0.15) is 0 Å². The normalized spacial score (nSPS) is 16.1. The fraction of sp³-hybridized carbons (Fsp3) is 0.316. The Hall–Kier alpha value is -1.58. The Kier molecular flexibility index (Phi) is 4.23. The molecule has 0 saturated carbocycles. The minimum Gasteiger partial charge on any atom is -0.348 e. The first-order valence-electron chi connectivity index (χ1n) is 8.13. The third-order valence-electron chi connectivity index (χ3n) is 4.61. The molecule has 23 heavy (non-hydrogen) atoms. The van der Waals surface area contributed by atoms with E-state index in [4.69, 9.17) is 16.6 Å². The van der Waals surface area contributed by atoms with Gasteiger partial charge in [0.05, 0.1) is 10.2 Å². The second kappa shape index (κ2) is 6.50. The van der Waals surface area contributed by atoms with Gasteiger partial charge in [0, 0.05) is 18.1 Å². The van der Waals surface area contributed by atoms with E-state index in [9.17, 15) is 0 Å². The topological polar surface area (TPSA) is 16.1 Å². The zero-order valence-corrected chi connectivity index (χ0v) is 14.5. The van der Waals surface area contributed by atoms with Crippen LogP contribution in [0.5, 0.6) is 0 Å². The number of rotatable bonds is 3. The monoisotopic (exact) mass is 342 g/mol. The van der Waals surface area contributed by atoms with E-state index < -0.39 is 0 Å². The van der Waals surface area contributed by atoms with Gasteiger partial charge in [-0.05, 0) is 55.0 Å². The highest BCUT2D eigenvalue weighted by Gasteiger charge is 2.21. The Morgan fingerprint density at radius 3 is 2.52 bits per heavy atom. The third kappa shape index (κ3) is 3.36. The molecule has 0 unspecified atom stereocenters. The number of piperidine rings is 1. The largest absolute Gasteiger partial charge is 0.348 e. The lowest BCUT2D eigenvalue weighted by atomic mass is 9.90. The molecule has 3 aromatic rings. The molecule has 1 aliphatic heterocycles. The summed E-state index contributed by atoms with van der Waals surface area (Å²) < 4.78 is 1.28. The summed E-state index contributed by atoms with van der Waals surface area (Å²) in [6, 6.07) is 16.7. The van der Waals surface area contributed by atoms with Crippen molar-refractivity contribution in [3.63, 3.8) is 0 Å². The number of anilines is 1. The van der Waals surface area contributed by atoms with Crippen molar-refractivity contribution in [1.82, 2.24) is 4.98 Å². The molecule has 0 amide bonds. The summed E-state index contributed by atoms with van der Waals surface area (Å²) in [5, 5.41) is 2.00. The first-order valence-corrected chi connectivity index (χ1v) is 9.32. The van der Waals surface area contributed by atoms with Gasteiger partial charge in [-0.25, -0.2) is 4.98 Å². The van der Waals surface area contributed by atoms with Gasteiger partial charge >= 0.3 is 0 Å². The van der Waals surface area contributed by atoms with Crippen molar-refractivity contribution in [1.29, 1.82) is 0 Å². The van der Waals surface area contributed by atoms with E-state index in [1.165, 1.54) is 28.2 Å². The summed E-state index contributed by atoms with van der Waals surface area (Å²) in [6.45, 7) is 2.22. The molecule has 0 spiro atoms. The smallest absolute Gasteiger partial charge is 0.186 e. The lowest BCUT2D eigenvalue weighted by Gasteiger charge is -2.31. The van der Waals surface area contributed by atoms with Crippen molar-refractivity contribution in [3.8, 4) is 0 Å². The maximum absolute atomic E-state index is 5.96. The Balaban J connectivity index is 1.39. The molecule has 2 aromatic carbocycles. The second-order valence-corrected chi connectivity index (χ2v) is 7.67. The summed E-state index contributed by atoms with van der Waals surface area (Å²) in [7, 11) is 0. The second-order valence-electron chi connectivity index (χ2n) is 6.23. The van der Waals surface area contributed by atoms with Gasteiger partial charge in [-0.15, -0.1) is 0 Å². The van der Waals surface area contributed by atoms with Crippen molar-refractivity contribution in [2.24, 2.45) is 5.92 Å². The highest BCUT2D eigenvalue weighted by molar-refractivity contribution is 7.22. The van der Waals surface area contributed by atoms with Gasteiger partial charge in [-0.2, -0.15) is 0 Å². The molecule has 0 radical (unpaired) electrons. The molecule has 4 rings (SSSR count). The predicted octanol–water partition coefficient (Wildman–Crippen LogP) is 5.41. The van der Waals surface area contributed by atoms with Crippen LogP contribution >= 0.6 is 22.9 Å². The standard InChI is InChI=1S/C19H19ClN2S/c20-16-7-5-14(6-8-16)13-15-9-11-22(12-10-15)19-21-17-3-1-2-4-18(17)23-19/h1-8,15H,9-13H2. The van der Waals surface area contributed by atoms with E-state index in [-0.39, 0.29) is 0 Å². The van der Waals surface area contributed by atoms with Gasteiger partial charge in [-0.1, -0.05) is 47.2 Å². The third-order valence-corrected chi connectivity index (χ3v) is 5.95. The molecule has 0 atom stereocenters. The zero-order valence-electron chi connectivity index (χ0n) is 12.9. The lowest BCUT2D eigenvalue weighted by molar-refractivity contribution is 0.403. The van der Waals surface area contributed by atoms with Crippen LogP contribution in [-0.2, 0) is 6.42 Å². The highest BCUT2D eigenvalue weighted by atomic mass is 35.5. The molecule has 1 aromatic heterocycles. The summed E-state index contributed by atoms with van der Waals surface area (Å²) in [5.41, 5.74) is 2.52. The SMILES string of the molecule is Clc1ccc(CC2CCN(c3nc4ccccc4s3)CC2)cc1. The molecule has 4 heteroatoms. The van der Waals surface area contributed by atoms with Crippen LogP contribution in [0.15, 0.2) is 48.5 Å². The summed E-state index contributed by atoms with van der Waals surface area (Å²) in [4.78, 5) is 7.23. The fourth-order valence-electron chi connectivity index (χ4n) is 3.28. The van der Waals surface area contributed by atoms with Crippen LogP contribution in [0.3, 0.4) is 0 Å². The maximum Gasteiger partial charge on any atom is 0.186 e. The first kappa shape index (κ1) is 15.0. The van der Waals surface area contributed by atoms with E-state index in [2.05, 4.69) is 41.3 Å². The van der Waals surface area contributed by atoms with Crippen LogP contribution in [0.2, 0.25) is 5.02 Å². The van der Waals surface area contributed by atoms with Gasteiger partial charge in [-0.3, -0.25) is 0 Å². The molecule has 0 N–H and O–H groups in total. The number of hydrogen-bond donors (Lipinski definition) is 0. The molecule has 118 valence electrons. The Morgan fingerprint density at radius 1 is 1.04 bits per heavy atom. The van der Waals surface area contributed by atoms with Crippen molar-refractivity contribution in [2.75, 3.05) is 18.0 Å². The Labute approximate surface area is 145 Å². The minimum atomic E-state index is 0.766.